The molecule has 0 saturated carbocycles. The van der Waals surface area contributed by atoms with Crippen molar-refractivity contribution in [1.82, 2.24) is 16.0 Å². The van der Waals surface area contributed by atoms with Crippen LogP contribution >= 0.6 is 12.6 Å². The second-order valence-corrected chi connectivity index (χ2v) is 6.75. The lowest BCUT2D eigenvalue weighted by Crippen LogP contribution is -2.58. The van der Waals surface area contributed by atoms with E-state index in [4.69, 9.17) is 15.9 Å². The van der Waals surface area contributed by atoms with Gasteiger partial charge in [0.25, 0.3) is 0 Å². The minimum Gasteiger partial charge on any atom is -0.481 e. The number of rotatable bonds is 12. The molecule has 0 aromatic rings. The van der Waals surface area contributed by atoms with E-state index in [-0.39, 0.29) is 11.7 Å². The Hall–Kier alpha value is -2.34. The molecule has 5 atom stereocenters. The van der Waals surface area contributed by atoms with Crippen LogP contribution in [-0.2, 0) is 24.0 Å². The standard InChI is InChI=1S/C16H28N4O7S/c1-4-7(2)12(20-14(24)9(17)6-28)15(25)18-8(3)13(23)19-10(16(26)27)5-11(21)22/h7-10,12,28H,4-6,17H2,1-3H3,(H,18,25)(H,19,23)(H,20,24)(H,21,22)(H,26,27). The van der Waals surface area contributed by atoms with Crippen molar-refractivity contribution in [2.45, 2.75) is 57.8 Å². The molecular weight excluding hydrogens is 392 g/mol. The zero-order chi connectivity index (χ0) is 22.0. The number of hydrogen-bond donors (Lipinski definition) is 7. The highest BCUT2D eigenvalue weighted by atomic mass is 32.1. The van der Waals surface area contributed by atoms with Gasteiger partial charge in [-0.15, -0.1) is 0 Å². The Morgan fingerprint density at radius 1 is 0.964 bits per heavy atom. The molecule has 0 spiro atoms. The number of amides is 3. The van der Waals surface area contributed by atoms with Gasteiger partial charge >= 0.3 is 11.9 Å². The first kappa shape index (κ1) is 25.7. The van der Waals surface area contributed by atoms with Crippen molar-refractivity contribution >= 4 is 42.3 Å². The van der Waals surface area contributed by atoms with Crippen molar-refractivity contribution in [3.8, 4) is 0 Å². The first-order chi connectivity index (χ1) is 12.9. The smallest absolute Gasteiger partial charge is 0.326 e. The van der Waals surface area contributed by atoms with Crippen molar-refractivity contribution < 1.29 is 34.2 Å². The molecule has 0 aromatic heterocycles. The van der Waals surface area contributed by atoms with Gasteiger partial charge in [-0.1, -0.05) is 20.3 Å². The predicted octanol–water partition coefficient (Wildman–Crippen LogP) is -1.68. The Balaban J connectivity index is 5.08. The van der Waals surface area contributed by atoms with E-state index in [1.807, 2.05) is 6.92 Å². The maximum atomic E-state index is 12.5. The number of thiol groups is 1. The molecule has 0 aromatic carbocycles. The van der Waals surface area contributed by atoms with Gasteiger partial charge in [-0.25, -0.2) is 4.79 Å². The lowest BCUT2D eigenvalue weighted by atomic mass is 9.97. The Kier molecular flexibility index (Phi) is 11.2. The van der Waals surface area contributed by atoms with Crippen LogP contribution in [0.3, 0.4) is 0 Å². The number of aliphatic carboxylic acids is 2. The average molecular weight is 420 g/mol. The van der Waals surface area contributed by atoms with E-state index in [0.717, 1.165) is 0 Å². The Bertz CT molecular complexity index is 602. The number of carbonyl (C=O) groups is 5. The van der Waals surface area contributed by atoms with Crippen molar-refractivity contribution in [1.29, 1.82) is 0 Å². The highest BCUT2D eigenvalue weighted by molar-refractivity contribution is 7.80. The van der Waals surface area contributed by atoms with E-state index < -0.39 is 60.2 Å². The van der Waals surface area contributed by atoms with E-state index in [1.165, 1.54) is 6.92 Å². The summed E-state index contributed by atoms with van der Waals surface area (Å²) in [4.78, 5) is 58.3. The van der Waals surface area contributed by atoms with Crippen molar-refractivity contribution in [3.63, 3.8) is 0 Å². The van der Waals surface area contributed by atoms with Gasteiger partial charge < -0.3 is 31.9 Å². The summed E-state index contributed by atoms with van der Waals surface area (Å²) in [6, 6.07) is -4.67. The summed E-state index contributed by atoms with van der Waals surface area (Å²) >= 11 is 3.93. The van der Waals surface area contributed by atoms with Crippen molar-refractivity contribution in [3.05, 3.63) is 0 Å². The molecule has 0 aliphatic carbocycles. The molecule has 12 heteroatoms. The molecule has 0 fully saturated rings. The van der Waals surface area contributed by atoms with Crippen LogP contribution in [0.2, 0.25) is 0 Å². The van der Waals surface area contributed by atoms with Gasteiger partial charge in [-0.3, -0.25) is 19.2 Å². The summed E-state index contributed by atoms with van der Waals surface area (Å²) in [5, 5.41) is 24.6. The second-order valence-electron chi connectivity index (χ2n) is 6.39. The van der Waals surface area contributed by atoms with Crippen LogP contribution in [0.5, 0.6) is 0 Å². The van der Waals surface area contributed by atoms with E-state index in [2.05, 4.69) is 28.6 Å². The molecule has 28 heavy (non-hydrogen) atoms. The maximum Gasteiger partial charge on any atom is 0.326 e. The quantitative estimate of drug-likeness (QED) is 0.182. The van der Waals surface area contributed by atoms with E-state index >= 15 is 0 Å². The fourth-order valence-corrected chi connectivity index (χ4v) is 2.25. The maximum absolute atomic E-state index is 12.5. The Morgan fingerprint density at radius 3 is 1.96 bits per heavy atom. The predicted molar refractivity (Wildman–Crippen MR) is 103 cm³/mol. The summed E-state index contributed by atoms with van der Waals surface area (Å²) in [7, 11) is 0. The first-order valence-corrected chi connectivity index (χ1v) is 9.29. The molecule has 0 heterocycles. The molecule has 3 amide bonds. The minimum atomic E-state index is -1.64. The van der Waals surface area contributed by atoms with Crippen molar-refractivity contribution in [2.24, 2.45) is 11.7 Å². The second kappa shape index (κ2) is 12.2. The number of hydrogen-bond acceptors (Lipinski definition) is 7. The van der Waals surface area contributed by atoms with E-state index in [9.17, 15) is 24.0 Å². The lowest BCUT2D eigenvalue weighted by molar-refractivity contribution is -0.147. The van der Waals surface area contributed by atoms with Gasteiger partial charge in [-0.05, 0) is 12.8 Å². The van der Waals surface area contributed by atoms with Crippen LogP contribution < -0.4 is 21.7 Å². The number of carboxylic acids is 2. The van der Waals surface area contributed by atoms with E-state index in [0.29, 0.717) is 6.42 Å². The molecule has 5 unspecified atom stereocenters. The molecule has 0 bridgehead atoms. The van der Waals surface area contributed by atoms with Crippen LogP contribution in [0.15, 0.2) is 0 Å². The molecule has 11 nitrogen and oxygen atoms in total. The van der Waals surface area contributed by atoms with Gasteiger partial charge in [0.15, 0.2) is 0 Å². The minimum absolute atomic E-state index is 0.0830. The Labute approximate surface area is 168 Å². The van der Waals surface area contributed by atoms with E-state index in [1.54, 1.807) is 6.92 Å². The average Bonchev–Trinajstić information content (AvgIpc) is 2.62. The number of carbonyl (C=O) groups excluding carboxylic acids is 3. The number of carboxylic acid groups (broad SMARTS) is 2. The Morgan fingerprint density at radius 2 is 1.54 bits per heavy atom. The van der Waals surface area contributed by atoms with Crippen LogP contribution in [0.1, 0.15) is 33.6 Å². The lowest BCUT2D eigenvalue weighted by Gasteiger charge is -2.26. The largest absolute Gasteiger partial charge is 0.481 e. The monoisotopic (exact) mass is 420 g/mol. The number of nitrogens with one attached hydrogen (secondary N) is 3. The summed E-state index contributed by atoms with van der Waals surface area (Å²) < 4.78 is 0. The van der Waals surface area contributed by atoms with Gasteiger partial charge in [0, 0.05) is 5.75 Å². The SMILES string of the molecule is CCC(C)C(NC(=O)C(N)CS)C(=O)NC(C)C(=O)NC(CC(=O)O)C(=O)O. The topological polar surface area (TPSA) is 188 Å². The summed E-state index contributed by atoms with van der Waals surface area (Å²) in [5.74, 6) is -5.20. The third kappa shape index (κ3) is 8.57. The van der Waals surface area contributed by atoms with Gasteiger partial charge in [-0.2, -0.15) is 12.6 Å². The molecule has 7 N–H and O–H groups in total. The van der Waals surface area contributed by atoms with Gasteiger partial charge in [0.05, 0.1) is 12.5 Å². The third-order valence-electron chi connectivity index (χ3n) is 4.07. The molecule has 0 aliphatic rings. The van der Waals surface area contributed by atoms with Gasteiger partial charge in [0.2, 0.25) is 17.7 Å². The van der Waals surface area contributed by atoms with Crippen LogP contribution in [0.25, 0.3) is 0 Å². The van der Waals surface area contributed by atoms with Gasteiger partial charge in [0.1, 0.15) is 18.1 Å². The molecule has 0 radical (unpaired) electrons. The number of nitrogens with two attached hydrogens (primary N) is 1. The highest BCUT2D eigenvalue weighted by Crippen LogP contribution is 2.09. The summed E-state index contributed by atoms with van der Waals surface area (Å²) in [6.07, 6.45) is -0.260. The fraction of sp³-hybridized carbons (Fsp3) is 0.688. The normalized spacial score (nSPS) is 16.0. The van der Waals surface area contributed by atoms with Crippen LogP contribution in [0, 0.1) is 5.92 Å². The van der Waals surface area contributed by atoms with Crippen LogP contribution in [-0.4, -0.2) is 69.8 Å². The zero-order valence-electron chi connectivity index (χ0n) is 16.0. The molecule has 0 aliphatic heterocycles. The molecule has 0 rings (SSSR count). The summed E-state index contributed by atoms with van der Waals surface area (Å²) in [5.41, 5.74) is 5.59. The first-order valence-electron chi connectivity index (χ1n) is 8.66. The van der Waals surface area contributed by atoms with Crippen LogP contribution in [0.4, 0.5) is 0 Å². The summed E-state index contributed by atoms with van der Waals surface area (Å²) in [6.45, 7) is 4.85. The molecular formula is C16H28N4O7S. The zero-order valence-corrected chi connectivity index (χ0v) is 16.9. The third-order valence-corrected chi connectivity index (χ3v) is 4.47. The fourth-order valence-electron chi connectivity index (χ4n) is 2.09. The van der Waals surface area contributed by atoms with Crippen molar-refractivity contribution in [2.75, 3.05) is 5.75 Å². The molecule has 0 saturated heterocycles. The highest BCUT2D eigenvalue weighted by Gasteiger charge is 2.31. The molecule has 160 valence electrons.